The van der Waals surface area contributed by atoms with Crippen LogP contribution in [0.2, 0.25) is 0 Å². The van der Waals surface area contributed by atoms with E-state index in [1.807, 2.05) is 44.2 Å². The summed E-state index contributed by atoms with van der Waals surface area (Å²) in [7, 11) is 0. The molecule has 4 aromatic rings. The molecule has 2 N–H and O–H groups in total. The van der Waals surface area contributed by atoms with E-state index in [9.17, 15) is 9.90 Å². The van der Waals surface area contributed by atoms with Crippen LogP contribution in [0.15, 0.2) is 64.5 Å². The average Bonchev–Trinajstić information content (AvgIpc) is 3.12. The minimum atomic E-state index is -0.323. The van der Waals surface area contributed by atoms with E-state index in [0.717, 1.165) is 16.0 Å². The molecule has 0 atom stereocenters. The lowest BCUT2D eigenvalue weighted by Gasteiger charge is -2.29. The van der Waals surface area contributed by atoms with Gasteiger partial charge in [-0.15, -0.1) is 11.3 Å². The first-order valence-electron chi connectivity index (χ1n) is 10.3. The molecule has 162 valence electrons. The van der Waals surface area contributed by atoms with Gasteiger partial charge in [0, 0.05) is 11.3 Å². The Morgan fingerprint density at radius 2 is 1.94 bits per heavy atom. The lowest BCUT2D eigenvalue weighted by molar-refractivity contribution is -0.0379. The van der Waals surface area contributed by atoms with E-state index in [1.165, 1.54) is 11.3 Å². The van der Waals surface area contributed by atoms with Gasteiger partial charge in [0.2, 0.25) is 5.95 Å². The first kappa shape index (κ1) is 20.4. The van der Waals surface area contributed by atoms with Gasteiger partial charge in [-0.3, -0.25) is 4.79 Å². The average molecular weight is 447 g/mol. The summed E-state index contributed by atoms with van der Waals surface area (Å²) in [6, 6.07) is 16.1. The Kier molecular flexibility index (Phi) is 5.03. The predicted octanol–water partition coefficient (Wildman–Crippen LogP) is 4.45. The van der Waals surface area contributed by atoms with Gasteiger partial charge in [0.1, 0.15) is 10.6 Å². The maximum atomic E-state index is 13.7. The lowest BCUT2D eigenvalue weighted by atomic mass is 9.94. The molecule has 32 heavy (non-hydrogen) atoms. The number of nitrogens with zero attached hydrogens (tertiary/aromatic N) is 3. The van der Waals surface area contributed by atoms with Gasteiger partial charge < -0.3 is 9.84 Å². The smallest absolute Gasteiger partial charge is 0.268 e. The van der Waals surface area contributed by atoms with Crippen LogP contribution in [-0.4, -0.2) is 26.5 Å². The number of aromatic hydroxyl groups is 1. The van der Waals surface area contributed by atoms with E-state index < -0.39 is 0 Å². The third-order valence-electron chi connectivity index (χ3n) is 5.39. The summed E-state index contributed by atoms with van der Waals surface area (Å²) in [5.74, 6) is 0.525. The summed E-state index contributed by atoms with van der Waals surface area (Å²) >= 11 is 1.50. The number of aromatic nitrogens is 2. The van der Waals surface area contributed by atoms with Crippen LogP contribution in [0.3, 0.4) is 0 Å². The number of hydrogen-bond donors (Lipinski definition) is 2. The number of thiophene rings is 1. The molecule has 0 saturated heterocycles. The second-order valence-electron chi connectivity index (χ2n) is 8.28. The molecule has 1 aliphatic heterocycles. The minimum Gasteiger partial charge on any atom is -0.508 e. The van der Waals surface area contributed by atoms with E-state index in [2.05, 4.69) is 10.5 Å². The third-order valence-corrected chi connectivity index (χ3v) is 6.49. The summed E-state index contributed by atoms with van der Waals surface area (Å²) in [5.41, 5.74) is 5.03. The van der Waals surface area contributed by atoms with Crippen LogP contribution in [0.1, 0.15) is 29.9 Å². The maximum Gasteiger partial charge on any atom is 0.268 e. The summed E-state index contributed by atoms with van der Waals surface area (Å²) < 4.78 is 7.51. The van der Waals surface area contributed by atoms with Crippen molar-refractivity contribution in [3.05, 3.63) is 81.0 Å². The van der Waals surface area contributed by atoms with Crippen LogP contribution in [0, 0.1) is 0 Å². The van der Waals surface area contributed by atoms with Gasteiger partial charge in [-0.25, -0.2) is 15.0 Å². The minimum absolute atomic E-state index is 0.126. The van der Waals surface area contributed by atoms with Crippen LogP contribution < -0.4 is 11.0 Å². The van der Waals surface area contributed by atoms with Gasteiger partial charge in [-0.05, 0) is 61.4 Å². The molecule has 3 heterocycles. The topological polar surface area (TPSA) is 88.7 Å². The standard InChI is InChI=1S/C24H22N4O3S/c1-24(2)12-18-19(14-31-24)32-21-20(18)22(30)28(16-6-4-3-5-7-16)23(26-21)27-25-13-15-8-10-17(29)11-9-15/h3-11,13,29H,12,14H2,1-2H3,(H,26,27)/b25-13+. The molecule has 0 unspecified atom stereocenters. The van der Waals surface area contributed by atoms with E-state index in [1.54, 1.807) is 35.0 Å². The molecule has 2 aromatic heterocycles. The van der Waals surface area contributed by atoms with Crippen molar-refractivity contribution in [3.63, 3.8) is 0 Å². The summed E-state index contributed by atoms with van der Waals surface area (Å²) in [6.45, 7) is 4.56. The van der Waals surface area contributed by atoms with Crippen LogP contribution in [0.25, 0.3) is 15.9 Å². The quantitative estimate of drug-likeness (QED) is 0.357. The summed E-state index contributed by atoms with van der Waals surface area (Å²) in [4.78, 5) is 20.2. The zero-order valence-corrected chi connectivity index (χ0v) is 18.5. The molecule has 0 saturated carbocycles. The molecule has 0 spiro atoms. The number of hydrazone groups is 1. The largest absolute Gasteiger partial charge is 0.508 e. The lowest BCUT2D eigenvalue weighted by Crippen LogP contribution is -2.32. The summed E-state index contributed by atoms with van der Waals surface area (Å²) in [6.07, 6.45) is 2.28. The Balaban J connectivity index is 1.63. The molecule has 5 rings (SSSR count). The van der Waals surface area contributed by atoms with Crippen molar-refractivity contribution in [2.45, 2.75) is 32.5 Å². The number of phenols is 1. The molecule has 7 nitrogen and oxygen atoms in total. The molecular formula is C24H22N4O3S. The molecular weight excluding hydrogens is 424 g/mol. The van der Waals surface area contributed by atoms with Crippen LogP contribution in [0.5, 0.6) is 5.75 Å². The fourth-order valence-corrected chi connectivity index (χ4v) is 4.90. The molecule has 0 amide bonds. The second-order valence-corrected chi connectivity index (χ2v) is 9.37. The van der Waals surface area contributed by atoms with E-state index >= 15 is 0 Å². The van der Waals surface area contributed by atoms with Crippen molar-refractivity contribution in [2.75, 3.05) is 5.43 Å². The number of fused-ring (bicyclic) bond motifs is 3. The highest BCUT2D eigenvalue weighted by molar-refractivity contribution is 7.18. The maximum absolute atomic E-state index is 13.7. The van der Waals surface area contributed by atoms with Crippen molar-refractivity contribution < 1.29 is 9.84 Å². The van der Waals surface area contributed by atoms with Gasteiger partial charge in [-0.1, -0.05) is 18.2 Å². The van der Waals surface area contributed by atoms with Crippen LogP contribution in [-0.2, 0) is 17.8 Å². The number of para-hydroxylation sites is 1. The Morgan fingerprint density at radius 1 is 1.19 bits per heavy atom. The predicted molar refractivity (Wildman–Crippen MR) is 127 cm³/mol. The number of rotatable bonds is 4. The molecule has 1 aliphatic rings. The monoisotopic (exact) mass is 446 g/mol. The molecule has 8 heteroatoms. The van der Waals surface area contributed by atoms with Crippen LogP contribution >= 0.6 is 11.3 Å². The number of nitrogens with one attached hydrogen (secondary N) is 1. The first-order valence-corrected chi connectivity index (χ1v) is 11.1. The Labute approximate surface area is 188 Å². The fourth-order valence-electron chi connectivity index (χ4n) is 3.81. The van der Waals surface area contributed by atoms with Crippen molar-refractivity contribution >= 4 is 33.7 Å². The van der Waals surface area contributed by atoms with Gasteiger partial charge >= 0.3 is 0 Å². The van der Waals surface area contributed by atoms with Crippen molar-refractivity contribution in [2.24, 2.45) is 5.10 Å². The Morgan fingerprint density at radius 3 is 2.69 bits per heavy atom. The van der Waals surface area contributed by atoms with Gasteiger partial charge in [0.05, 0.1) is 29.5 Å². The number of ether oxygens (including phenoxy) is 1. The highest BCUT2D eigenvalue weighted by Crippen LogP contribution is 2.37. The molecule has 2 aromatic carbocycles. The van der Waals surface area contributed by atoms with E-state index in [-0.39, 0.29) is 16.9 Å². The number of benzene rings is 2. The number of phenolic OH excluding ortho intramolecular Hbond substituents is 1. The highest BCUT2D eigenvalue weighted by atomic mass is 32.1. The van der Waals surface area contributed by atoms with Crippen LogP contribution in [0.4, 0.5) is 5.95 Å². The number of anilines is 1. The first-order chi connectivity index (χ1) is 15.4. The zero-order valence-electron chi connectivity index (χ0n) is 17.7. The molecule has 0 radical (unpaired) electrons. The number of hydrogen-bond acceptors (Lipinski definition) is 7. The fraction of sp³-hybridized carbons (Fsp3) is 0.208. The van der Waals surface area contributed by atoms with Gasteiger partial charge in [0.25, 0.3) is 5.56 Å². The summed E-state index contributed by atoms with van der Waals surface area (Å²) in [5, 5.41) is 14.4. The van der Waals surface area contributed by atoms with Crippen molar-refractivity contribution in [3.8, 4) is 11.4 Å². The zero-order chi connectivity index (χ0) is 22.3. The van der Waals surface area contributed by atoms with Gasteiger partial charge in [-0.2, -0.15) is 5.10 Å². The van der Waals surface area contributed by atoms with Crippen molar-refractivity contribution in [1.82, 2.24) is 9.55 Å². The molecule has 0 fully saturated rings. The Hall–Kier alpha value is -3.49. The van der Waals surface area contributed by atoms with E-state index in [4.69, 9.17) is 9.72 Å². The Bertz CT molecular complexity index is 1370. The molecule has 0 aliphatic carbocycles. The highest BCUT2D eigenvalue weighted by Gasteiger charge is 2.31. The second kappa shape index (κ2) is 7.89. The molecule has 0 bridgehead atoms. The van der Waals surface area contributed by atoms with E-state index in [0.29, 0.717) is 34.9 Å². The van der Waals surface area contributed by atoms with Gasteiger partial charge in [0.15, 0.2) is 0 Å². The third kappa shape index (κ3) is 3.79. The van der Waals surface area contributed by atoms with Crippen molar-refractivity contribution in [1.29, 1.82) is 0 Å². The normalized spacial score (nSPS) is 15.2. The SMILES string of the molecule is CC1(C)Cc2c(sc3nc(N/N=C/c4ccc(O)cc4)n(-c4ccccc4)c(=O)c23)CO1.